The molecule has 13 amide bonds. The van der Waals surface area contributed by atoms with Crippen molar-refractivity contribution in [2.75, 3.05) is 19.6 Å². The van der Waals surface area contributed by atoms with Crippen molar-refractivity contribution in [3.63, 3.8) is 0 Å². The lowest BCUT2D eigenvalue weighted by molar-refractivity contribution is -0.143. The van der Waals surface area contributed by atoms with Crippen molar-refractivity contribution in [1.29, 1.82) is 0 Å². The van der Waals surface area contributed by atoms with Crippen LogP contribution >= 0.6 is 0 Å². The fourth-order valence-electron chi connectivity index (χ4n) is 12.5. The molecule has 12 atom stereocenters. The summed E-state index contributed by atoms with van der Waals surface area (Å²) in [5.41, 5.74) is 21.3. The van der Waals surface area contributed by atoms with Gasteiger partial charge in [0.2, 0.25) is 76.8 Å². The van der Waals surface area contributed by atoms with Gasteiger partial charge in [-0.3, -0.25) is 62.3 Å². The molecule has 1 aliphatic rings. The summed E-state index contributed by atoms with van der Waals surface area (Å²) in [4.78, 5) is 208. The Hall–Kier alpha value is -12.1. The molecule has 0 unspecified atom stereocenters. The van der Waals surface area contributed by atoms with Crippen molar-refractivity contribution in [2.45, 2.75) is 165 Å². The third-order valence-electron chi connectivity index (χ3n) is 18.0. The number of aliphatic carboxylic acids is 1. The van der Waals surface area contributed by atoms with Gasteiger partial charge in [-0.05, 0) is 86.8 Å². The summed E-state index contributed by atoms with van der Waals surface area (Å²) in [5.74, 6) is -14.1. The molecule has 0 radical (unpaired) electrons. The molecule has 1 fully saturated rings. The van der Waals surface area contributed by atoms with E-state index in [1.54, 1.807) is 81.0 Å². The summed E-state index contributed by atoms with van der Waals surface area (Å²) < 4.78 is 0. The van der Waals surface area contributed by atoms with Crippen LogP contribution in [0.3, 0.4) is 0 Å². The molecule has 0 saturated carbocycles. The number of nitrogens with two attached hydrogens (primary N) is 3. The van der Waals surface area contributed by atoms with Crippen molar-refractivity contribution >= 4 is 115 Å². The van der Waals surface area contributed by atoms with Crippen LogP contribution in [-0.2, 0) is 92.8 Å². The van der Waals surface area contributed by atoms with Crippen LogP contribution in [0.1, 0.15) is 88.6 Å². The molecular formula is C71H91N19O17. The molecule has 36 nitrogen and oxygen atoms in total. The highest BCUT2D eigenvalue weighted by Crippen LogP contribution is 2.24. The largest absolute Gasteiger partial charge is 0.480 e. The highest BCUT2D eigenvalue weighted by atomic mass is 16.4. The molecule has 107 heavy (non-hydrogen) atoms. The van der Waals surface area contributed by atoms with E-state index in [4.69, 9.17) is 17.2 Å². The number of benzene rings is 3. The molecule has 1 saturated heterocycles. The second-order valence-electron chi connectivity index (χ2n) is 26.8. The Balaban J connectivity index is 0.960. The second-order valence-corrected chi connectivity index (χ2v) is 26.8. The summed E-state index contributed by atoms with van der Waals surface area (Å²) in [6.07, 6.45) is 2.42. The lowest BCUT2D eigenvalue weighted by Crippen LogP contribution is -2.63. The van der Waals surface area contributed by atoms with Crippen LogP contribution in [0.4, 0.5) is 0 Å². The van der Waals surface area contributed by atoms with Gasteiger partial charge in [0.15, 0.2) is 0 Å². The quantitative estimate of drug-likeness (QED) is 0.0178. The summed E-state index contributed by atoms with van der Waals surface area (Å²) in [6.45, 7) is 4.42. The van der Waals surface area contributed by atoms with Crippen molar-refractivity contribution in [2.24, 2.45) is 23.1 Å². The van der Waals surface area contributed by atoms with Gasteiger partial charge >= 0.3 is 5.97 Å². The topological polar surface area (TPSA) is 577 Å². The molecule has 1 aliphatic heterocycles. The van der Waals surface area contributed by atoms with Crippen molar-refractivity contribution in [1.82, 2.24) is 83.0 Å². The maximum atomic E-state index is 14.9. The third-order valence-corrected chi connectivity index (χ3v) is 18.0. The number of aliphatic hydroxyl groups is 2. The van der Waals surface area contributed by atoms with Crippen LogP contribution in [0, 0.1) is 5.92 Å². The number of primary amides is 2. The number of imidazole rings is 1. The lowest BCUT2D eigenvalue weighted by atomic mass is 10.0. The lowest BCUT2D eigenvalue weighted by Gasteiger charge is -2.30. The Kier molecular flexibility index (Phi) is 28.3. The first-order chi connectivity index (χ1) is 50.9. The number of likely N-dealkylation sites (tertiary alicyclic amines) is 1. The minimum Gasteiger partial charge on any atom is -0.480 e. The Morgan fingerprint density at radius 3 is 1.48 bits per heavy atom. The van der Waals surface area contributed by atoms with Crippen molar-refractivity contribution in [3.05, 3.63) is 126 Å². The van der Waals surface area contributed by atoms with Crippen molar-refractivity contribution < 1.29 is 82.4 Å². The molecule has 0 spiro atoms. The second kappa shape index (κ2) is 37.6. The third kappa shape index (κ3) is 22.5. The highest BCUT2D eigenvalue weighted by Gasteiger charge is 2.41. The van der Waals surface area contributed by atoms with Gasteiger partial charge in [-0.2, -0.15) is 0 Å². The van der Waals surface area contributed by atoms with E-state index in [0.717, 1.165) is 30.3 Å². The molecule has 572 valence electrons. The molecule has 0 aliphatic carbocycles. The van der Waals surface area contributed by atoms with Crippen molar-refractivity contribution in [3.8, 4) is 0 Å². The zero-order valence-electron chi connectivity index (χ0n) is 59.2. The smallest absolute Gasteiger partial charge is 0.326 e. The number of carboxylic acids is 1. The normalized spacial score (nSPS) is 15.9. The minimum atomic E-state index is -1.94. The number of carbonyl (C=O) groups excluding carboxylic acids is 13. The SMILES string of the molecule is CC(C)C[C@H](NC(=O)CNC(=O)[C@@H](NC(=O)[C@H](Cc1c[nH]c2ccccc12)NC(=O)[C@@H](NC(=O)[C@H](Cc1c[nH]c2ccccc12)NC(=O)[C@H](CC(N)=O)NC(=O)[C@H](Cc1cnc[nH]1)NC(=O)[C@@H](N)Cc1c[nH]c2ccccc12)[C@@H](C)O)[C@@H](C)O)C(=O)N1CCC[C@H]1C(=O)NCC(=O)N[C@@H](CCC(N)=O)C(=O)O. The highest BCUT2D eigenvalue weighted by molar-refractivity contribution is 6.01. The number of carbonyl (C=O) groups is 14. The summed E-state index contributed by atoms with van der Waals surface area (Å²) in [5, 5.41) is 58.7. The summed E-state index contributed by atoms with van der Waals surface area (Å²) in [6, 6.07) is 5.80. The Bertz CT molecular complexity index is 4380. The average Bonchev–Trinajstić information content (AvgIpc) is 1.72. The number of nitrogens with zero attached hydrogens (tertiary/aromatic N) is 2. The average molecular weight is 1480 g/mol. The zero-order chi connectivity index (χ0) is 77.8. The van der Waals surface area contributed by atoms with Crippen LogP contribution in [0.2, 0.25) is 0 Å². The Labute approximate surface area is 612 Å². The molecule has 36 heteroatoms. The summed E-state index contributed by atoms with van der Waals surface area (Å²) in [7, 11) is 0. The van der Waals surface area contributed by atoms with Crippen LogP contribution in [0.15, 0.2) is 104 Å². The van der Waals surface area contributed by atoms with E-state index >= 15 is 0 Å². The van der Waals surface area contributed by atoms with Gasteiger partial charge in [0.1, 0.15) is 54.4 Å². The Morgan fingerprint density at radius 2 is 0.981 bits per heavy atom. The Morgan fingerprint density at radius 1 is 0.523 bits per heavy atom. The fraction of sp³-hybridized carbons (Fsp3) is 0.423. The number of carboxylic acid groups (broad SMARTS) is 1. The minimum absolute atomic E-state index is 0.0518. The van der Waals surface area contributed by atoms with Gasteiger partial charge in [0.25, 0.3) is 0 Å². The molecule has 23 N–H and O–H groups in total. The number of amides is 13. The first-order valence-electron chi connectivity index (χ1n) is 34.7. The van der Waals surface area contributed by atoms with Gasteiger partial charge in [-0.1, -0.05) is 68.4 Å². The number of aromatic amines is 4. The van der Waals surface area contributed by atoms with Crippen LogP contribution < -0.4 is 70.4 Å². The fourth-order valence-corrected chi connectivity index (χ4v) is 12.5. The van der Waals surface area contributed by atoms with E-state index in [1.165, 1.54) is 17.4 Å². The van der Waals surface area contributed by atoms with Gasteiger partial charge in [0.05, 0.1) is 44.1 Å². The van der Waals surface area contributed by atoms with Crippen LogP contribution in [0.25, 0.3) is 32.7 Å². The molecule has 3 aromatic carbocycles. The number of aliphatic hydroxyl groups excluding tert-OH is 2. The van der Waals surface area contributed by atoms with E-state index in [-0.39, 0.29) is 63.8 Å². The van der Waals surface area contributed by atoms with Gasteiger partial charge in [-0.25, -0.2) is 9.78 Å². The molecule has 7 aromatic rings. The number of rotatable bonds is 39. The number of H-pyrrole nitrogens is 4. The number of fused-ring (bicyclic) bond motifs is 3. The van der Waals surface area contributed by atoms with Gasteiger partial charge < -0.3 is 111 Å². The first kappa shape index (κ1) is 80.6. The van der Waals surface area contributed by atoms with Crippen LogP contribution in [-0.4, -0.2) is 220 Å². The standard InChI is InChI=1S/C71H91N19O17/c1-35(2)22-54(70(105)90-21-11-18-55(90)67(102)79-32-58(95)82-49(71(106)107)19-20-56(73)93)83-59(96)33-80-68(103)60(36(3)91)88-66(101)51(25-40-30-78-48-17-10-7-14-44(40)48)87-69(104)61(37(4)92)89-65(100)50(24-39-29-77-47-16-9-6-13-43(39)47)85-64(99)53(27-57(74)94)86-63(98)52(26-41-31-75-34-81-41)84-62(97)45(72)23-38-28-76-46-15-8-5-12-42(38)46/h5-10,12-17,28-31,34-37,45,49-55,60-61,76-78,91-92H,11,18-27,32-33,72H2,1-4H3,(H2,73,93)(H2,74,94)(H,75,81)(H,79,102)(H,80,103)(H,82,95)(H,83,96)(H,84,97)(H,85,99)(H,86,98)(H,87,104)(H,88,101)(H,89,100)(H,106,107)/t36-,37-,45+,49+,50+,51+,52+,53+,54+,55+,60+,61+/m1/s1. The maximum absolute atomic E-state index is 14.9. The number of hydrogen-bond donors (Lipinski definition) is 20. The van der Waals surface area contributed by atoms with E-state index in [9.17, 15) is 82.4 Å². The molecule has 4 aromatic heterocycles. The van der Waals surface area contributed by atoms with Gasteiger partial charge in [-0.15, -0.1) is 0 Å². The van der Waals surface area contributed by atoms with E-state index in [1.807, 2.05) is 24.3 Å². The van der Waals surface area contributed by atoms with E-state index in [0.29, 0.717) is 45.0 Å². The van der Waals surface area contributed by atoms with Crippen LogP contribution in [0.5, 0.6) is 0 Å². The zero-order valence-corrected chi connectivity index (χ0v) is 59.2. The predicted molar refractivity (Wildman–Crippen MR) is 385 cm³/mol. The molecular weight excluding hydrogens is 1390 g/mol. The first-order valence-corrected chi connectivity index (χ1v) is 34.7. The van der Waals surface area contributed by atoms with Gasteiger partial charge in [0, 0.05) is 95.4 Å². The molecule has 0 bridgehead atoms. The number of aromatic nitrogens is 5. The monoisotopic (exact) mass is 1480 g/mol. The number of hydrogen-bond acceptors (Lipinski definition) is 18. The number of nitrogens with one attached hydrogen (secondary N) is 14. The molecule has 8 rings (SSSR count). The maximum Gasteiger partial charge on any atom is 0.326 e. The van der Waals surface area contributed by atoms with E-state index in [2.05, 4.69) is 78.1 Å². The van der Waals surface area contributed by atoms with E-state index < -0.39 is 175 Å². The number of para-hydroxylation sites is 3. The molecule has 5 heterocycles. The predicted octanol–water partition coefficient (Wildman–Crippen LogP) is -3.41. The summed E-state index contributed by atoms with van der Waals surface area (Å²) >= 11 is 0.